The molecule has 0 amide bonds. The fourth-order valence-electron chi connectivity index (χ4n) is 2.20. The maximum Gasteiger partial charge on any atom is 1.00 e. The first-order valence-corrected chi connectivity index (χ1v) is 10.9. The van der Waals surface area contributed by atoms with Gasteiger partial charge in [-0.1, -0.05) is 60.7 Å². The molecule has 0 fully saturated rings. The zero-order valence-electron chi connectivity index (χ0n) is 16.3. The van der Waals surface area contributed by atoms with Crippen molar-refractivity contribution in [3.63, 3.8) is 0 Å². The molecule has 0 radical (unpaired) electrons. The van der Waals surface area contributed by atoms with E-state index in [1.54, 1.807) is 30.3 Å². The molecule has 0 aromatic heterocycles. The molecule has 7 nitrogen and oxygen atoms in total. The SMILES string of the molecule is C=CCOS(=O)(=O)c1cccc2ccccc12.C=O.O=S(=O)([O-])c1ccccc1.[Na+]. The van der Waals surface area contributed by atoms with Gasteiger partial charge in [-0.2, -0.15) is 8.42 Å². The predicted octanol–water partition coefficient (Wildman–Crippen LogP) is 0.141. The van der Waals surface area contributed by atoms with Crippen LogP contribution in [0.25, 0.3) is 10.8 Å². The van der Waals surface area contributed by atoms with Crippen molar-refractivity contribution in [2.45, 2.75) is 9.79 Å². The van der Waals surface area contributed by atoms with Gasteiger partial charge in [0.1, 0.15) is 21.8 Å². The van der Waals surface area contributed by atoms with Gasteiger partial charge in [-0.25, -0.2) is 8.42 Å². The number of hydrogen-bond acceptors (Lipinski definition) is 7. The standard InChI is InChI=1S/C13H12O3S.C6H6O3S.CH2O.Na/c1-2-10-16-17(14,15)13-9-5-7-11-6-3-4-8-12(11)13;7-10(8,9)6-4-2-1-3-5-6;1-2;/h2-9H,1,10H2;1-5H,(H,7,8,9);1H2;/q;;;+1/p-1. The molecule has 3 aromatic rings. The van der Waals surface area contributed by atoms with Crippen LogP contribution in [-0.2, 0) is 29.2 Å². The van der Waals surface area contributed by atoms with Crippen LogP contribution in [0, 0.1) is 0 Å². The Bertz CT molecular complexity index is 1140. The normalized spacial score (nSPS) is 10.4. The Morgan fingerprint density at radius 2 is 1.37 bits per heavy atom. The van der Waals surface area contributed by atoms with Gasteiger partial charge in [0.25, 0.3) is 10.1 Å². The summed E-state index contributed by atoms with van der Waals surface area (Å²) in [6.45, 7) is 5.41. The molecule has 0 spiro atoms. The number of carbonyl (C=O) groups is 1. The van der Waals surface area contributed by atoms with Gasteiger partial charge in [0.2, 0.25) is 0 Å². The Morgan fingerprint density at radius 3 is 1.90 bits per heavy atom. The van der Waals surface area contributed by atoms with Gasteiger partial charge < -0.3 is 9.35 Å². The van der Waals surface area contributed by atoms with Crippen LogP contribution in [0.15, 0.2) is 95.2 Å². The van der Waals surface area contributed by atoms with Gasteiger partial charge in [-0.05, 0) is 23.6 Å². The molecule has 154 valence electrons. The molecule has 0 atom stereocenters. The van der Waals surface area contributed by atoms with Gasteiger partial charge in [-0.3, -0.25) is 4.18 Å². The summed E-state index contributed by atoms with van der Waals surface area (Å²) < 4.78 is 59.5. The Balaban J connectivity index is 0.000000557. The van der Waals surface area contributed by atoms with E-state index in [-0.39, 0.29) is 46.0 Å². The second kappa shape index (κ2) is 13.5. The molecular formula is C20H19NaO7S2. The molecule has 30 heavy (non-hydrogen) atoms. The van der Waals surface area contributed by atoms with E-state index in [1.165, 1.54) is 30.3 Å². The molecule has 0 N–H and O–H groups in total. The summed E-state index contributed by atoms with van der Waals surface area (Å²) in [5.41, 5.74) is 0. The van der Waals surface area contributed by atoms with E-state index in [2.05, 4.69) is 6.58 Å². The van der Waals surface area contributed by atoms with E-state index in [0.29, 0.717) is 5.39 Å². The van der Waals surface area contributed by atoms with Crippen LogP contribution in [0.3, 0.4) is 0 Å². The van der Waals surface area contributed by atoms with Crippen LogP contribution >= 0.6 is 0 Å². The van der Waals surface area contributed by atoms with E-state index in [4.69, 9.17) is 8.98 Å². The molecule has 10 heteroatoms. The molecule has 3 rings (SSSR count). The van der Waals surface area contributed by atoms with E-state index in [9.17, 15) is 21.4 Å². The second-order valence-electron chi connectivity index (χ2n) is 5.27. The number of hydrogen-bond donors (Lipinski definition) is 0. The van der Waals surface area contributed by atoms with E-state index >= 15 is 0 Å². The minimum atomic E-state index is -4.25. The first-order chi connectivity index (χ1) is 13.8. The monoisotopic (exact) mass is 458 g/mol. The summed E-state index contributed by atoms with van der Waals surface area (Å²) in [6, 6.07) is 19.6. The van der Waals surface area contributed by atoms with Crippen molar-refractivity contribution >= 4 is 37.8 Å². The van der Waals surface area contributed by atoms with Crippen molar-refractivity contribution in [3.05, 3.63) is 85.5 Å². The van der Waals surface area contributed by atoms with E-state index in [1.807, 2.05) is 25.0 Å². The summed E-state index contributed by atoms with van der Waals surface area (Å²) in [4.78, 5) is 8.01. The van der Waals surface area contributed by atoms with Gasteiger partial charge in [0, 0.05) is 5.39 Å². The fraction of sp³-hybridized carbons (Fsp3) is 0.0500. The van der Waals surface area contributed by atoms with Crippen LogP contribution in [-0.4, -0.2) is 34.8 Å². The molecule has 0 aliphatic rings. The van der Waals surface area contributed by atoms with Crippen molar-refractivity contribution in [2.24, 2.45) is 0 Å². The fourth-order valence-corrected chi connectivity index (χ4v) is 3.80. The number of fused-ring (bicyclic) bond motifs is 1. The van der Waals surface area contributed by atoms with Gasteiger partial charge in [0.05, 0.1) is 11.5 Å². The van der Waals surface area contributed by atoms with Crippen LogP contribution < -0.4 is 29.6 Å². The number of rotatable bonds is 5. The summed E-state index contributed by atoms with van der Waals surface area (Å²) >= 11 is 0. The molecular weight excluding hydrogens is 439 g/mol. The molecule has 0 bridgehead atoms. The molecule has 0 aliphatic carbocycles. The third kappa shape index (κ3) is 8.49. The zero-order chi connectivity index (χ0) is 21.9. The first-order valence-electron chi connectivity index (χ1n) is 8.03. The van der Waals surface area contributed by atoms with Crippen LogP contribution in [0.1, 0.15) is 0 Å². The van der Waals surface area contributed by atoms with Gasteiger partial charge >= 0.3 is 29.6 Å². The van der Waals surface area contributed by atoms with Crippen molar-refractivity contribution in [2.75, 3.05) is 6.61 Å². The van der Waals surface area contributed by atoms with Crippen LogP contribution in [0.5, 0.6) is 0 Å². The second-order valence-corrected chi connectivity index (χ2v) is 8.24. The van der Waals surface area contributed by atoms with Crippen LogP contribution in [0.2, 0.25) is 0 Å². The average Bonchev–Trinajstić information content (AvgIpc) is 2.74. The Morgan fingerprint density at radius 1 is 0.833 bits per heavy atom. The predicted molar refractivity (Wildman–Crippen MR) is 109 cm³/mol. The van der Waals surface area contributed by atoms with Crippen LogP contribution in [0.4, 0.5) is 0 Å². The molecule has 0 unspecified atom stereocenters. The minimum absolute atomic E-state index is 0. The smallest absolute Gasteiger partial charge is 0.744 e. The summed E-state index contributed by atoms with van der Waals surface area (Å²) in [7, 11) is -7.97. The summed E-state index contributed by atoms with van der Waals surface area (Å²) in [6.07, 6.45) is 1.41. The number of benzene rings is 3. The molecule has 0 saturated heterocycles. The molecule has 0 heterocycles. The van der Waals surface area contributed by atoms with Crippen molar-refractivity contribution in [1.29, 1.82) is 0 Å². The zero-order valence-corrected chi connectivity index (χ0v) is 19.9. The Kier molecular flexibility index (Phi) is 12.6. The van der Waals surface area contributed by atoms with Gasteiger partial charge in [-0.15, -0.1) is 6.58 Å². The van der Waals surface area contributed by atoms with E-state index in [0.717, 1.165) is 5.39 Å². The third-order valence-electron chi connectivity index (χ3n) is 3.39. The largest absolute Gasteiger partial charge is 1.00 e. The Hall–Kier alpha value is -1.85. The van der Waals surface area contributed by atoms with Gasteiger partial charge in [0.15, 0.2) is 0 Å². The Labute approximate surface area is 198 Å². The number of carbonyl (C=O) groups excluding carboxylic acids is 1. The molecule has 0 aliphatic heterocycles. The maximum atomic E-state index is 11.9. The van der Waals surface area contributed by atoms with Crippen molar-refractivity contribution in [3.8, 4) is 0 Å². The van der Waals surface area contributed by atoms with Crippen molar-refractivity contribution < 1.29 is 59.9 Å². The topological polar surface area (TPSA) is 118 Å². The maximum absolute atomic E-state index is 11.9. The minimum Gasteiger partial charge on any atom is -0.744 e. The summed E-state index contributed by atoms with van der Waals surface area (Å²) in [5.74, 6) is 0. The summed E-state index contributed by atoms with van der Waals surface area (Å²) in [5, 5.41) is 1.54. The first kappa shape index (κ1) is 28.2. The molecule has 3 aromatic carbocycles. The van der Waals surface area contributed by atoms with E-state index < -0.39 is 20.2 Å². The molecule has 0 saturated carbocycles. The average molecular weight is 458 g/mol. The third-order valence-corrected chi connectivity index (χ3v) is 5.58. The van der Waals surface area contributed by atoms with Crippen molar-refractivity contribution in [1.82, 2.24) is 0 Å². The quantitative estimate of drug-likeness (QED) is 0.231.